The Kier molecular flexibility index (Phi) is 3.88. The lowest BCUT2D eigenvalue weighted by Gasteiger charge is -2.13. The second kappa shape index (κ2) is 5.80. The van der Waals surface area contributed by atoms with Gasteiger partial charge in [0, 0.05) is 19.9 Å². The van der Waals surface area contributed by atoms with Crippen molar-refractivity contribution in [1.29, 1.82) is 0 Å². The maximum absolute atomic E-state index is 5.44. The van der Waals surface area contributed by atoms with Gasteiger partial charge >= 0.3 is 0 Å². The van der Waals surface area contributed by atoms with E-state index in [-0.39, 0.29) is 0 Å². The molecule has 0 spiro atoms. The van der Waals surface area contributed by atoms with Gasteiger partial charge in [-0.3, -0.25) is 0 Å². The van der Waals surface area contributed by atoms with Crippen LogP contribution in [0.2, 0.25) is 0 Å². The summed E-state index contributed by atoms with van der Waals surface area (Å²) in [6.07, 6.45) is 6.60. The van der Waals surface area contributed by atoms with E-state index >= 15 is 0 Å². The lowest BCUT2D eigenvalue weighted by molar-refractivity contribution is 0.185. The van der Waals surface area contributed by atoms with Crippen LogP contribution in [-0.2, 0) is 4.74 Å². The second-order valence-electron chi connectivity index (χ2n) is 4.55. The zero-order chi connectivity index (χ0) is 13.9. The van der Waals surface area contributed by atoms with Crippen molar-refractivity contribution in [3.63, 3.8) is 0 Å². The van der Waals surface area contributed by atoms with Gasteiger partial charge in [-0.05, 0) is 18.7 Å². The molecule has 0 amide bonds. The second-order valence-corrected chi connectivity index (χ2v) is 5.32. The van der Waals surface area contributed by atoms with Gasteiger partial charge in [-0.25, -0.2) is 14.6 Å². The zero-order valence-electron chi connectivity index (χ0n) is 11.5. The van der Waals surface area contributed by atoms with E-state index in [1.807, 2.05) is 30.2 Å². The first kappa shape index (κ1) is 13.4. The van der Waals surface area contributed by atoms with E-state index in [2.05, 4.69) is 20.4 Å². The third-order valence-corrected chi connectivity index (χ3v) is 3.94. The Hall–Kier alpha value is -1.60. The number of rotatable bonds is 4. The molecule has 1 fully saturated rings. The largest absolute Gasteiger partial charge is 0.379 e. The minimum Gasteiger partial charge on any atom is -0.379 e. The SMILES string of the molecule is CNc1c(-c2ccnc(SC)n2)cnn1[C@@H]1CCOC1. The minimum absolute atomic E-state index is 0.299. The van der Waals surface area contributed by atoms with Crippen LogP contribution < -0.4 is 5.32 Å². The summed E-state index contributed by atoms with van der Waals surface area (Å²) in [5.41, 5.74) is 1.89. The van der Waals surface area contributed by atoms with Crippen molar-refractivity contribution in [3.05, 3.63) is 18.5 Å². The van der Waals surface area contributed by atoms with Crippen molar-refractivity contribution >= 4 is 17.6 Å². The molecule has 1 N–H and O–H groups in total. The van der Waals surface area contributed by atoms with Crippen molar-refractivity contribution < 1.29 is 4.74 Å². The van der Waals surface area contributed by atoms with E-state index in [0.717, 1.165) is 41.9 Å². The Morgan fingerprint density at radius 1 is 1.50 bits per heavy atom. The number of nitrogens with zero attached hydrogens (tertiary/aromatic N) is 4. The first-order valence-corrected chi connectivity index (χ1v) is 7.76. The third-order valence-electron chi connectivity index (χ3n) is 3.38. The zero-order valence-corrected chi connectivity index (χ0v) is 12.4. The Balaban J connectivity index is 2.00. The average molecular weight is 291 g/mol. The smallest absolute Gasteiger partial charge is 0.187 e. The van der Waals surface area contributed by atoms with Gasteiger partial charge in [-0.1, -0.05) is 11.8 Å². The van der Waals surface area contributed by atoms with E-state index in [0.29, 0.717) is 6.04 Å². The molecule has 0 bridgehead atoms. The van der Waals surface area contributed by atoms with Crippen LogP contribution in [0.5, 0.6) is 0 Å². The van der Waals surface area contributed by atoms with Gasteiger partial charge in [0.05, 0.1) is 30.1 Å². The van der Waals surface area contributed by atoms with E-state index in [1.165, 1.54) is 11.8 Å². The summed E-state index contributed by atoms with van der Waals surface area (Å²) in [6.45, 7) is 1.52. The molecule has 2 aromatic heterocycles. The maximum Gasteiger partial charge on any atom is 0.187 e. The van der Waals surface area contributed by atoms with Crippen molar-refractivity contribution in [1.82, 2.24) is 19.7 Å². The first-order chi connectivity index (χ1) is 9.83. The number of nitrogens with one attached hydrogen (secondary N) is 1. The number of anilines is 1. The molecule has 0 aromatic carbocycles. The predicted octanol–water partition coefficient (Wildman–Crippen LogP) is 2.07. The van der Waals surface area contributed by atoms with Gasteiger partial charge in [0.2, 0.25) is 0 Å². The van der Waals surface area contributed by atoms with E-state index in [1.54, 1.807) is 6.20 Å². The highest BCUT2D eigenvalue weighted by atomic mass is 32.2. The van der Waals surface area contributed by atoms with Gasteiger partial charge < -0.3 is 10.1 Å². The van der Waals surface area contributed by atoms with Crippen LogP contribution in [-0.4, -0.2) is 46.3 Å². The molecule has 1 saturated heterocycles. The molecule has 3 heterocycles. The van der Waals surface area contributed by atoms with Gasteiger partial charge in [0.1, 0.15) is 5.82 Å². The topological polar surface area (TPSA) is 64.9 Å². The van der Waals surface area contributed by atoms with Crippen LogP contribution in [0.25, 0.3) is 11.3 Å². The van der Waals surface area contributed by atoms with Gasteiger partial charge in [-0.15, -0.1) is 0 Å². The molecule has 106 valence electrons. The van der Waals surface area contributed by atoms with Gasteiger partial charge in [0.25, 0.3) is 0 Å². The predicted molar refractivity (Wildman–Crippen MR) is 79.1 cm³/mol. The molecule has 20 heavy (non-hydrogen) atoms. The van der Waals surface area contributed by atoms with E-state index in [9.17, 15) is 0 Å². The normalized spacial score (nSPS) is 18.4. The van der Waals surface area contributed by atoms with Crippen molar-refractivity contribution in [2.24, 2.45) is 0 Å². The molecule has 3 rings (SSSR count). The molecule has 0 aliphatic carbocycles. The Morgan fingerprint density at radius 2 is 2.40 bits per heavy atom. The highest BCUT2D eigenvalue weighted by Crippen LogP contribution is 2.31. The molecular weight excluding hydrogens is 274 g/mol. The van der Waals surface area contributed by atoms with Crippen molar-refractivity contribution in [3.8, 4) is 11.3 Å². The molecule has 2 aromatic rings. The van der Waals surface area contributed by atoms with E-state index < -0.39 is 0 Å². The lowest BCUT2D eigenvalue weighted by atomic mass is 10.2. The Morgan fingerprint density at radius 3 is 3.10 bits per heavy atom. The van der Waals surface area contributed by atoms with Crippen LogP contribution >= 0.6 is 11.8 Å². The van der Waals surface area contributed by atoms with Crippen LogP contribution in [0.3, 0.4) is 0 Å². The maximum atomic E-state index is 5.44. The molecular formula is C13H17N5OS. The Bertz CT molecular complexity index is 594. The summed E-state index contributed by atoms with van der Waals surface area (Å²) < 4.78 is 7.45. The quantitative estimate of drug-likeness (QED) is 0.687. The molecule has 0 radical (unpaired) electrons. The summed E-state index contributed by atoms with van der Waals surface area (Å²) in [6, 6.07) is 2.21. The average Bonchev–Trinajstić information content (AvgIpc) is 3.15. The summed E-state index contributed by atoms with van der Waals surface area (Å²) in [5.74, 6) is 0.978. The first-order valence-electron chi connectivity index (χ1n) is 6.54. The fourth-order valence-corrected chi connectivity index (χ4v) is 2.74. The number of hydrogen-bond acceptors (Lipinski definition) is 6. The summed E-state index contributed by atoms with van der Waals surface area (Å²) in [4.78, 5) is 8.74. The molecule has 1 aliphatic rings. The van der Waals surface area contributed by atoms with Crippen molar-refractivity contribution in [2.45, 2.75) is 17.6 Å². The van der Waals surface area contributed by atoms with Gasteiger partial charge in [-0.2, -0.15) is 5.10 Å². The summed E-state index contributed by atoms with van der Waals surface area (Å²) in [5, 5.41) is 8.51. The van der Waals surface area contributed by atoms with Crippen LogP contribution in [0.15, 0.2) is 23.6 Å². The standard InChI is InChI=1S/C13H17N5OS/c1-14-12-10(11-3-5-15-13(17-11)20-2)7-16-18(12)9-4-6-19-8-9/h3,5,7,9,14H,4,6,8H2,1-2H3/t9-/m1/s1. The number of hydrogen-bond donors (Lipinski definition) is 1. The highest BCUT2D eigenvalue weighted by molar-refractivity contribution is 7.98. The molecule has 6 nitrogen and oxygen atoms in total. The fraction of sp³-hybridized carbons (Fsp3) is 0.462. The fourth-order valence-electron chi connectivity index (χ4n) is 2.38. The number of ether oxygens (including phenoxy) is 1. The van der Waals surface area contributed by atoms with Crippen LogP contribution in [0.1, 0.15) is 12.5 Å². The van der Waals surface area contributed by atoms with Gasteiger partial charge in [0.15, 0.2) is 5.16 Å². The van der Waals surface area contributed by atoms with Crippen molar-refractivity contribution in [2.75, 3.05) is 31.8 Å². The minimum atomic E-state index is 0.299. The third kappa shape index (κ3) is 2.38. The van der Waals surface area contributed by atoms with Crippen LogP contribution in [0, 0.1) is 0 Å². The molecule has 1 atom stereocenters. The molecule has 7 heteroatoms. The number of thioether (sulfide) groups is 1. The molecule has 0 unspecified atom stereocenters. The highest BCUT2D eigenvalue weighted by Gasteiger charge is 2.23. The van der Waals surface area contributed by atoms with Crippen LogP contribution in [0.4, 0.5) is 5.82 Å². The summed E-state index contributed by atoms with van der Waals surface area (Å²) in [7, 11) is 1.91. The lowest BCUT2D eigenvalue weighted by Crippen LogP contribution is -2.13. The van der Waals surface area contributed by atoms with E-state index in [4.69, 9.17) is 4.74 Å². The monoisotopic (exact) mass is 291 g/mol. The summed E-state index contributed by atoms with van der Waals surface area (Å²) >= 11 is 1.53. The molecule has 1 aliphatic heterocycles. The number of aromatic nitrogens is 4. The molecule has 0 saturated carbocycles. The Labute approximate surface area is 122 Å².